The Bertz CT molecular complexity index is 1090. The van der Waals surface area contributed by atoms with Gasteiger partial charge in [0.15, 0.2) is 12.8 Å². The van der Waals surface area contributed by atoms with Crippen LogP contribution in [0.4, 0.5) is 19.0 Å². The number of ether oxygens (including phenoxy) is 1. The summed E-state index contributed by atoms with van der Waals surface area (Å²) in [7, 11) is 0. The van der Waals surface area contributed by atoms with Gasteiger partial charge in [-0.25, -0.2) is 9.67 Å². The van der Waals surface area contributed by atoms with Crippen LogP contribution in [0.3, 0.4) is 0 Å². The van der Waals surface area contributed by atoms with Crippen molar-refractivity contribution < 1.29 is 27.4 Å². The predicted molar refractivity (Wildman–Crippen MR) is 98.3 cm³/mol. The number of nitrogens with one attached hydrogen (secondary N) is 1. The summed E-state index contributed by atoms with van der Waals surface area (Å²) in [5.41, 5.74) is 1.42. The number of hydrogen-bond donors (Lipinski definition) is 2. The number of nitrogens with zero attached hydrogens (tertiary/aromatic N) is 3. The maximum absolute atomic E-state index is 12.5. The normalized spacial score (nSPS) is 16.2. The molecule has 0 aliphatic carbocycles. The number of halogens is 4. The number of aliphatic hydroxyl groups is 1. The zero-order valence-electron chi connectivity index (χ0n) is 14.9. The van der Waals surface area contributed by atoms with Crippen LogP contribution in [0.25, 0.3) is 17.2 Å². The van der Waals surface area contributed by atoms with Crippen molar-refractivity contribution in [1.29, 1.82) is 0 Å². The van der Waals surface area contributed by atoms with Crippen molar-refractivity contribution in [2.45, 2.75) is 19.3 Å². The first-order valence-corrected chi connectivity index (χ1v) is 8.76. The lowest BCUT2D eigenvalue weighted by atomic mass is 10.1. The third-order valence-corrected chi connectivity index (χ3v) is 4.41. The average Bonchev–Trinajstić information content (AvgIpc) is 3.26. The Morgan fingerprint density at radius 1 is 1.34 bits per heavy atom. The Hall–Kier alpha value is -2.98. The average molecular weight is 427 g/mol. The van der Waals surface area contributed by atoms with Crippen LogP contribution in [-0.2, 0) is 0 Å². The smallest absolute Gasteiger partial charge is 0.422 e. The zero-order chi connectivity index (χ0) is 20.8. The molecule has 0 saturated heterocycles. The van der Waals surface area contributed by atoms with E-state index in [1.165, 1.54) is 29.1 Å². The van der Waals surface area contributed by atoms with Crippen molar-refractivity contribution in [2.75, 3.05) is 11.9 Å². The van der Waals surface area contributed by atoms with Gasteiger partial charge in [-0.15, -0.1) is 0 Å². The molecule has 0 fully saturated rings. The van der Waals surface area contributed by atoms with Crippen molar-refractivity contribution in [3.63, 3.8) is 0 Å². The Kier molecular flexibility index (Phi) is 4.75. The molecule has 1 atom stereocenters. The van der Waals surface area contributed by atoms with Crippen LogP contribution in [0.5, 0.6) is 5.75 Å². The molecule has 1 aromatic carbocycles. The van der Waals surface area contributed by atoms with Gasteiger partial charge in [-0.1, -0.05) is 17.7 Å². The zero-order valence-corrected chi connectivity index (χ0v) is 15.6. The molecular formula is C18H14ClF3N4O3. The van der Waals surface area contributed by atoms with Crippen LogP contribution in [0.1, 0.15) is 17.6 Å². The van der Waals surface area contributed by atoms with Gasteiger partial charge in [-0.2, -0.15) is 18.3 Å². The number of aromatic nitrogens is 3. The summed E-state index contributed by atoms with van der Waals surface area (Å²) in [6.07, 6.45) is -1.10. The Labute approximate surface area is 167 Å². The molecule has 3 aromatic rings. The van der Waals surface area contributed by atoms with Gasteiger partial charge in [0.25, 0.3) is 0 Å². The third kappa shape index (κ3) is 3.94. The molecule has 0 spiro atoms. The lowest BCUT2D eigenvalue weighted by Crippen LogP contribution is -2.20. The highest BCUT2D eigenvalue weighted by molar-refractivity contribution is 6.32. The van der Waals surface area contributed by atoms with Gasteiger partial charge in [-0.05, 0) is 25.1 Å². The molecule has 0 amide bonds. The maximum atomic E-state index is 12.5. The molecule has 1 unspecified atom stereocenters. The van der Waals surface area contributed by atoms with Crippen molar-refractivity contribution in [3.8, 4) is 17.2 Å². The quantitative estimate of drug-likeness (QED) is 0.643. The summed E-state index contributed by atoms with van der Waals surface area (Å²) in [5.74, 6) is 1.22. The summed E-state index contributed by atoms with van der Waals surface area (Å²) >= 11 is 5.95. The summed E-state index contributed by atoms with van der Waals surface area (Å²) in [6.45, 7) is 0.280. The minimum atomic E-state index is -4.49. The van der Waals surface area contributed by atoms with Crippen molar-refractivity contribution in [3.05, 3.63) is 53.0 Å². The maximum Gasteiger partial charge on any atom is 0.422 e. The molecule has 2 N–H and O–H groups in total. The number of oxazole rings is 1. The number of anilines is 1. The second-order valence-corrected chi connectivity index (χ2v) is 6.70. The first kappa shape index (κ1) is 19.3. The predicted octanol–water partition coefficient (Wildman–Crippen LogP) is 4.40. The van der Waals surface area contributed by atoms with E-state index in [0.29, 0.717) is 34.3 Å². The molecular weight excluding hydrogens is 413 g/mol. The lowest BCUT2D eigenvalue weighted by molar-refractivity contribution is -0.153. The highest BCUT2D eigenvalue weighted by Gasteiger charge is 2.29. The minimum Gasteiger partial charge on any atom is -0.483 e. The van der Waals surface area contributed by atoms with E-state index < -0.39 is 19.0 Å². The Morgan fingerprint density at radius 2 is 2.14 bits per heavy atom. The fourth-order valence-electron chi connectivity index (χ4n) is 2.82. The molecule has 0 radical (unpaired) electrons. The number of rotatable bonds is 4. The van der Waals surface area contributed by atoms with E-state index in [4.69, 9.17) is 20.8 Å². The van der Waals surface area contributed by atoms with E-state index in [1.807, 2.05) is 0 Å². The Balaban J connectivity index is 1.65. The summed E-state index contributed by atoms with van der Waals surface area (Å²) in [6, 6.07) is 4.37. The van der Waals surface area contributed by atoms with E-state index in [1.54, 1.807) is 19.2 Å². The van der Waals surface area contributed by atoms with Crippen molar-refractivity contribution in [2.24, 2.45) is 0 Å². The highest BCUT2D eigenvalue weighted by atomic mass is 35.5. The molecule has 0 bridgehead atoms. The number of benzene rings is 1. The lowest BCUT2D eigenvalue weighted by Gasteiger charge is -2.23. The number of hydrogen-bond acceptors (Lipinski definition) is 6. The molecule has 11 heteroatoms. The van der Waals surface area contributed by atoms with Gasteiger partial charge in [0.1, 0.15) is 17.3 Å². The van der Waals surface area contributed by atoms with Crippen LogP contribution in [-0.4, -0.2) is 32.7 Å². The largest absolute Gasteiger partial charge is 0.483 e. The van der Waals surface area contributed by atoms with E-state index >= 15 is 0 Å². The SMILES string of the molecule is Cc1cnc(-c2cnn3c2NC(c2ccc(Cl)c(OCC(F)(F)F)c2)=CC3O)o1. The molecule has 152 valence electrons. The van der Waals surface area contributed by atoms with Gasteiger partial charge < -0.3 is 19.6 Å². The molecule has 1 aliphatic rings. The summed E-state index contributed by atoms with van der Waals surface area (Å²) in [5, 5.41) is 17.7. The molecule has 1 aliphatic heterocycles. The van der Waals surface area contributed by atoms with Crippen molar-refractivity contribution in [1.82, 2.24) is 14.8 Å². The Morgan fingerprint density at radius 3 is 2.83 bits per heavy atom. The molecule has 3 heterocycles. The first-order valence-electron chi connectivity index (χ1n) is 8.38. The first-order chi connectivity index (χ1) is 13.7. The van der Waals surface area contributed by atoms with Gasteiger partial charge in [-0.3, -0.25) is 0 Å². The molecule has 4 rings (SSSR count). The number of alkyl halides is 3. The molecule has 0 saturated carbocycles. The fourth-order valence-corrected chi connectivity index (χ4v) is 2.99. The monoisotopic (exact) mass is 426 g/mol. The van der Waals surface area contributed by atoms with Crippen LogP contribution in [0.2, 0.25) is 5.02 Å². The van der Waals surface area contributed by atoms with Crippen LogP contribution >= 0.6 is 11.6 Å². The van der Waals surface area contributed by atoms with E-state index in [2.05, 4.69) is 15.4 Å². The van der Waals surface area contributed by atoms with Crippen LogP contribution in [0, 0.1) is 6.92 Å². The van der Waals surface area contributed by atoms with E-state index in [-0.39, 0.29) is 10.8 Å². The van der Waals surface area contributed by atoms with E-state index in [9.17, 15) is 18.3 Å². The van der Waals surface area contributed by atoms with E-state index in [0.717, 1.165) is 0 Å². The second-order valence-electron chi connectivity index (χ2n) is 6.30. The standard InChI is InChI=1S/C18H14ClF3N4O3/c1-9-6-23-17(29-9)11-7-24-26-15(27)5-13(25-16(11)26)10-2-3-12(19)14(4-10)28-8-18(20,21)22/h2-7,15,25,27H,8H2,1H3. The number of aliphatic hydroxyl groups excluding tert-OH is 1. The highest BCUT2D eigenvalue weighted by Crippen LogP contribution is 2.37. The second kappa shape index (κ2) is 7.12. The number of fused-ring (bicyclic) bond motifs is 1. The van der Waals surface area contributed by atoms with Crippen LogP contribution in [0.15, 0.2) is 41.1 Å². The van der Waals surface area contributed by atoms with Gasteiger partial charge in [0, 0.05) is 11.3 Å². The third-order valence-electron chi connectivity index (χ3n) is 4.10. The fraction of sp³-hybridized carbons (Fsp3) is 0.222. The molecule has 2 aromatic heterocycles. The molecule has 29 heavy (non-hydrogen) atoms. The molecule has 7 nitrogen and oxygen atoms in total. The van der Waals surface area contributed by atoms with Crippen molar-refractivity contribution >= 4 is 23.1 Å². The summed E-state index contributed by atoms with van der Waals surface area (Å²) in [4.78, 5) is 4.16. The van der Waals surface area contributed by atoms with Gasteiger partial charge in [0.05, 0.1) is 23.0 Å². The number of aryl methyl sites for hydroxylation is 1. The van der Waals surface area contributed by atoms with Gasteiger partial charge in [0.2, 0.25) is 5.89 Å². The minimum absolute atomic E-state index is 0.0379. The van der Waals surface area contributed by atoms with Gasteiger partial charge >= 0.3 is 6.18 Å². The van der Waals surface area contributed by atoms with Crippen LogP contribution < -0.4 is 10.1 Å². The summed E-state index contributed by atoms with van der Waals surface area (Å²) < 4.78 is 49.0. The topological polar surface area (TPSA) is 85.3 Å².